The molecule has 0 unspecified atom stereocenters. The molecule has 4 nitrogen and oxygen atoms in total. The van der Waals surface area contributed by atoms with Crippen molar-refractivity contribution in [3.8, 4) is 0 Å². The summed E-state index contributed by atoms with van der Waals surface area (Å²) >= 11 is 20.0. The first kappa shape index (κ1) is 25.9. The third-order valence-electron chi connectivity index (χ3n) is 4.78. The normalized spacial score (nSPS) is 11.8. The lowest BCUT2D eigenvalue weighted by molar-refractivity contribution is -0.139. The molecular weight excluding hydrogens is 475 g/mol. The molecule has 0 radical (unpaired) electrons. The van der Waals surface area contributed by atoms with Gasteiger partial charge in [0.05, 0.1) is 5.75 Å². The van der Waals surface area contributed by atoms with Gasteiger partial charge in [-0.05, 0) is 49.2 Å². The van der Waals surface area contributed by atoms with Crippen LogP contribution < -0.4 is 5.32 Å². The Morgan fingerprint density at radius 3 is 2.26 bits per heavy atom. The number of hydrogen-bond acceptors (Lipinski definition) is 3. The fraction of sp³-hybridized carbons (Fsp3) is 0.391. The standard InChI is InChI=1S/C23H27Cl3N2O2S/c1-3-5-13-27-23(30)21(4-2)28(14-18-19(25)7-6-8-20(18)26)22(29)15-31-17-11-9-16(24)10-12-17/h6-12,21H,3-5,13-15H2,1-2H3,(H,27,30)/t21-/m0/s1. The van der Waals surface area contributed by atoms with Crippen LogP contribution in [0.3, 0.4) is 0 Å². The van der Waals surface area contributed by atoms with Crippen molar-refractivity contribution in [2.24, 2.45) is 0 Å². The maximum Gasteiger partial charge on any atom is 0.242 e. The first-order valence-corrected chi connectivity index (χ1v) is 12.4. The summed E-state index contributed by atoms with van der Waals surface area (Å²) in [4.78, 5) is 28.6. The van der Waals surface area contributed by atoms with Crippen LogP contribution in [0.4, 0.5) is 0 Å². The van der Waals surface area contributed by atoms with Gasteiger partial charge in [0.25, 0.3) is 0 Å². The third-order valence-corrected chi connectivity index (χ3v) is 6.74. The smallest absolute Gasteiger partial charge is 0.242 e. The van der Waals surface area contributed by atoms with Gasteiger partial charge in [-0.3, -0.25) is 9.59 Å². The van der Waals surface area contributed by atoms with Crippen molar-refractivity contribution < 1.29 is 9.59 Å². The van der Waals surface area contributed by atoms with E-state index in [9.17, 15) is 9.59 Å². The van der Waals surface area contributed by atoms with Gasteiger partial charge in [0.2, 0.25) is 11.8 Å². The SMILES string of the molecule is CCCCNC(=O)[C@H](CC)N(Cc1c(Cl)cccc1Cl)C(=O)CSc1ccc(Cl)cc1. The zero-order valence-electron chi connectivity index (χ0n) is 17.7. The quantitative estimate of drug-likeness (QED) is 0.284. The van der Waals surface area contributed by atoms with Gasteiger partial charge in [0.15, 0.2) is 0 Å². The summed E-state index contributed by atoms with van der Waals surface area (Å²) in [6, 6.07) is 11.9. The number of benzene rings is 2. The van der Waals surface area contributed by atoms with E-state index in [2.05, 4.69) is 12.2 Å². The molecule has 0 spiro atoms. The highest BCUT2D eigenvalue weighted by molar-refractivity contribution is 8.00. The summed E-state index contributed by atoms with van der Waals surface area (Å²) in [7, 11) is 0. The summed E-state index contributed by atoms with van der Waals surface area (Å²) in [6.07, 6.45) is 2.35. The van der Waals surface area contributed by atoms with Gasteiger partial charge in [0, 0.05) is 38.6 Å². The molecule has 31 heavy (non-hydrogen) atoms. The molecule has 1 N–H and O–H groups in total. The van der Waals surface area contributed by atoms with Gasteiger partial charge in [0.1, 0.15) is 6.04 Å². The fourth-order valence-electron chi connectivity index (χ4n) is 3.04. The number of carbonyl (C=O) groups is 2. The molecule has 0 aliphatic carbocycles. The molecule has 0 aliphatic heterocycles. The zero-order chi connectivity index (χ0) is 22.8. The van der Waals surface area contributed by atoms with Gasteiger partial charge >= 0.3 is 0 Å². The van der Waals surface area contributed by atoms with Gasteiger partial charge in [-0.1, -0.05) is 61.1 Å². The van der Waals surface area contributed by atoms with Crippen LogP contribution in [0.1, 0.15) is 38.7 Å². The molecule has 0 saturated carbocycles. The molecule has 0 fully saturated rings. The predicted molar refractivity (Wildman–Crippen MR) is 131 cm³/mol. The second kappa shape index (κ2) is 13.2. The summed E-state index contributed by atoms with van der Waals surface area (Å²) in [5, 5.41) is 4.52. The molecule has 2 aromatic rings. The Morgan fingerprint density at radius 2 is 1.68 bits per heavy atom. The van der Waals surface area contributed by atoms with Crippen LogP contribution in [0.25, 0.3) is 0 Å². The Labute approximate surface area is 203 Å². The molecular formula is C23H27Cl3N2O2S. The van der Waals surface area contributed by atoms with Crippen molar-refractivity contribution in [1.82, 2.24) is 10.2 Å². The van der Waals surface area contributed by atoms with E-state index in [1.807, 2.05) is 19.1 Å². The van der Waals surface area contributed by atoms with Crippen LogP contribution in [0.15, 0.2) is 47.4 Å². The Kier molecular flexibility index (Phi) is 11.0. The van der Waals surface area contributed by atoms with E-state index < -0.39 is 6.04 Å². The number of halogens is 3. The molecule has 2 amide bonds. The number of nitrogens with zero attached hydrogens (tertiary/aromatic N) is 1. The van der Waals surface area contributed by atoms with Gasteiger partial charge < -0.3 is 10.2 Å². The molecule has 2 rings (SSSR count). The van der Waals surface area contributed by atoms with E-state index in [1.165, 1.54) is 11.8 Å². The maximum atomic E-state index is 13.3. The molecule has 0 heterocycles. The van der Waals surface area contributed by atoms with Crippen LogP contribution in [0, 0.1) is 0 Å². The zero-order valence-corrected chi connectivity index (χ0v) is 20.8. The Balaban J connectivity index is 2.23. The number of unbranched alkanes of at least 4 members (excludes halogenated alkanes) is 1. The average Bonchev–Trinajstić information content (AvgIpc) is 2.75. The highest BCUT2D eigenvalue weighted by Crippen LogP contribution is 2.28. The van der Waals surface area contributed by atoms with E-state index in [4.69, 9.17) is 34.8 Å². The molecule has 2 aromatic carbocycles. The summed E-state index contributed by atoms with van der Waals surface area (Å²) in [5.74, 6) is -0.139. The largest absolute Gasteiger partial charge is 0.354 e. The van der Waals surface area contributed by atoms with E-state index >= 15 is 0 Å². The van der Waals surface area contributed by atoms with E-state index in [1.54, 1.807) is 35.2 Å². The minimum absolute atomic E-state index is 0.159. The second-order valence-corrected chi connectivity index (χ2v) is 9.33. The number of nitrogens with one attached hydrogen (secondary N) is 1. The fourth-order valence-corrected chi connectivity index (χ4v) is 4.47. The molecule has 168 valence electrons. The monoisotopic (exact) mass is 500 g/mol. The molecule has 0 saturated heterocycles. The van der Waals surface area contributed by atoms with E-state index in [0.29, 0.717) is 33.6 Å². The number of amides is 2. The topological polar surface area (TPSA) is 49.4 Å². The number of hydrogen-bond donors (Lipinski definition) is 1. The van der Waals surface area contributed by atoms with Crippen molar-refractivity contribution >= 4 is 58.4 Å². The summed E-state index contributed by atoms with van der Waals surface area (Å²) < 4.78 is 0. The van der Waals surface area contributed by atoms with Gasteiger partial charge in [-0.25, -0.2) is 0 Å². The van der Waals surface area contributed by atoms with E-state index in [0.717, 1.165) is 17.7 Å². The maximum absolute atomic E-state index is 13.3. The van der Waals surface area contributed by atoms with Crippen LogP contribution in [-0.4, -0.2) is 35.1 Å². The first-order chi connectivity index (χ1) is 14.9. The van der Waals surface area contributed by atoms with E-state index in [-0.39, 0.29) is 24.1 Å². The predicted octanol–water partition coefficient (Wildman–Crippen LogP) is 6.46. The number of rotatable bonds is 11. The molecule has 0 aromatic heterocycles. The van der Waals surface area contributed by atoms with Crippen molar-refractivity contribution in [2.75, 3.05) is 12.3 Å². The van der Waals surface area contributed by atoms with Crippen molar-refractivity contribution in [3.63, 3.8) is 0 Å². The van der Waals surface area contributed by atoms with Crippen LogP contribution >= 0.6 is 46.6 Å². The van der Waals surface area contributed by atoms with Gasteiger partial charge in [-0.15, -0.1) is 11.8 Å². The number of carbonyl (C=O) groups excluding carboxylic acids is 2. The second-order valence-electron chi connectivity index (χ2n) is 7.03. The van der Waals surface area contributed by atoms with Crippen molar-refractivity contribution in [3.05, 3.63) is 63.1 Å². The van der Waals surface area contributed by atoms with Crippen molar-refractivity contribution in [1.29, 1.82) is 0 Å². The average molecular weight is 502 g/mol. The summed E-state index contributed by atoms with van der Waals surface area (Å²) in [5.41, 5.74) is 0.635. The highest BCUT2D eigenvalue weighted by Gasteiger charge is 2.29. The minimum Gasteiger partial charge on any atom is -0.354 e. The lowest BCUT2D eigenvalue weighted by atomic mass is 10.1. The molecule has 0 aliphatic rings. The molecule has 8 heteroatoms. The van der Waals surface area contributed by atoms with Crippen LogP contribution in [-0.2, 0) is 16.1 Å². The Morgan fingerprint density at radius 1 is 1.03 bits per heavy atom. The Hall–Kier alpha value is -1.40. The first-order valence-electron chi connectivity index (χ1n) is 10.3. The van der Waals surface area contributed by atoms with Crippen LogP contribution in [0.5, 0.6) is 0 Å². The van der Waals surface area contributed by atoms with Gasteiger partial charge in [-0.2, -0.15) is 0 Å². The summed E-state index contributed by atoms with van der Waals surface area (Å²) in [6.45, 7) is 4.70. The minimum atomic E-state index is -0.609. The third kappa shape index (κ3) is 7.90. The molecule has 1 atom stereocenters. The Bertz CT molecular complexity index is 857. The lowest BCUT2D eigenvalue weighted by Crippen LogP contribution is -2.49. The number of thioether (sulfide) groups is 1. The van der Waals surface area contributed by atoms with Crippen LogP contribution in [0.2, 0.25) is 15.1 Å². The lowest BCUT2D eigenvalue weighted by Gasteiger charge is -2.31. The van der Waals surface area contributed by atoms with Crippen molar-refractivity contribution in [2.45, 2.75) is 50.6 Å². The molecule has 0 bridgehead atoms. The highest BCUT2D eigenvalue weighted by atomic mass is 35.5.